The van der Waals surface area contributed by atoms with Gasteiger partial charge in [0.25, 0.3) is 5.89 Å². The Kier molecular flexibility index (Phi) is 4.61. The first-order valence-electron chi connectivity index (χ1n) is 7.34. The first-order chi connectivity index (χ1) is 12.0. The van der Waals surface area contributed by atoms with Crippen LogP contribution in [0.5, 0.6) is 0 Å². The molecule has 1 N–H and O–H groups in total. The molecule has 1 amide bonds. The van der Waals surface area contributed by atoms with Crippen molar-refractivity contribution in [2.75, 3.05) is 11.1 Å². The van der Waals surface area contributed by atoms with Gasteiger partial charge in [0, 0.05) is 6.07 Å². The van der Waals surface area contributed by atoms with E-state index in [4.69, 9.17) is 8.94 Å². The number of carbonyl (C=O) groups excluding carboxylic acids is 1. The van der Waals surface area contributed by atoms with Gasteiger partial charge >= 0.3 is 6.01 Å². The van der Waals surface area contributed by atoms with Crippen LogP contribution in [0.2, 0.25) is 0 Å². The minimum absolute atomic E-state index is 0.0253. The Morgan fingerprint density at radius 1 is 1.16 bits per heavy atom. The highest BCUT2D eigenvalue weighted by atomic mass is 32.2. The summed E-state index contributed by atoms with van der Waals surface area (Å²) in [6.45, 7) is 1.58. The highest BCUT2D eigenvalue weighted by Crippen LogP contribution is 2.19. The molecule has 2 heterocycles. The lowest BCUT2D eigenvalue weighted by Crippen LogP contribution is -2.14. The fourth-order valence-corrected chi connectivity index (χ4v) is 2.91. The maximum absolute atomic E-state index is 12.0. The van der Waals surface area contributed by atoms with Crippen molar-refractivity contribution in [2.24, 2.45) is 0 Å². The number of nitrogens with one attached hydrogen (secondary N) is 1. The van der Waals surface area contributed by atoms with Gasteiger partial charge in [-0.2, -0.15) is 0 Å². The van der Waals surface area contributed by atoms with Crippen LogP contribution >= 0.6 is 0 Å². The molecule has 1 aromatic carbocycles. The molecule has 0 saturated carbocycles. The third-order valence-electron chi connectivity index (χ3n) is 3.35. The molecule has 0 aliphatic heterocycles. The van der Waals surface area contributed by atoms with Crippen molar-refractivity contribution < 1.29 is 22.2 Å². The molecule has 130 valence electrons. The van der Waals surface area contributed by atoms with E-state index in [1.165, 1.54) is 18.3 Å². The van der Waals surface area contributed by atoms with Crippen molar-refractivity contribution in [3.63, 3.8) is 0 Å². The smallest absolute Gasteiger partial charge is 0.322 e. The van der Waals surface area contributed by atoms with E-state index in [1.807, 2.05) is 0 Å². The van der Waals surface area contributed by atoms with Gasteiger partial charge in [-0.05, 0) is 17.7 Å². The summed E-state index contributed by atoms with van der Waals surface area (Å²) in [7, 11) is -3.26. The molecule has 0 fully saturated rings. The molecule has 0 radical (unpaired) electrons. The van der Waals surface area contributed by atoms with Crippen LogP contribution in [0.1, 0.15) is 12.5 Å². The largest absolute Gasteiger partial charge is 0.400 e. The number of anilines is 1. The Morgan fingerprint density at radius 2 is 1.92 bits per heavy atom. The topological polar surface area (TPSA) is 128 Å². The fourth-order valence-electron chi connectivity index (χ4n) is 2.03. The first-order valence-corrected chi connectivity index (χ1v) is 8.99. The Labute approximate surface area is 143 Å². The van der Waals surface area contributed by atoms with E-state index >= 15 is 0 Å². The number of nitrogens with zero attached hydrogens (tertiary/aromatic N) is 3. The summed E-state index contributed by atoms with van der Waals surface area (Å²) in [4.78, 5) is 12.3. The van der Waals surface area contributed by atoms with Crippen LogP contribution in [0.3, 0.4) is 0 Å². The lowest BCUT2D eigenvalue weighted by molar-refractivity contribution is -0.115. The zero-order valence-corrected chi connectivity index (χ0v) is 14.0. The molecule has 25 heavy (non-hydrogen) atoms. The van der Waals surface area contributed by atoms with E-state index in [1.54, 1.807) is 25.1 Å². The zero-order chi connectivity index (χ0) is 17.9. The Hall–Kier alpha value is -3.01. The van der Waals surface area contributed by atoms with Crippen molar-refractivity contribution in [2.45, 2.75) is 18.2 Å². The summed E-state index contributed by atoms with van der Waals surface area (Å²) in [6.07, 6.45) is 1.46. The number of carbonyl (C=O) groups is 1. The molecular formula is C15H14N4O5S. The molecule has 9 nitrogen and oxygen atoms in total. The molecule has 0 aliphatic rings. The van der Waals surface area contributed by atoms with Crippen molar-refractivity contribution in [3.05, 3.63) is 42.1 Å². The summed E-state index contributed by atoms with van der Waals surface area (Å²) in [5.41, 5.74) is 0.655. The summed E-state index contributed by atoms with van der Waals surface area (Å²) in [6, 6.07) is 7.63. The summed E-state index contributed by atoms with van der Waals surface area (Å²) >= 11 is 0. The van der Waals surface area contributed by atoms with Gasteiger partial charge < -0.3 is 8.94 Å². The number of benzene rings is 1. The van der Waals surface area contributed by atoms with Crippen molar-refractivity contribution in [1.29, 1.82) is 0 Å². The van der Waals surface area contributed by atoms with Gasteiger partial charge in [0.1, 0.15) is 0 Å². The lowest BCUT2D eigenvalue weighted by Gasteiger charge is -2.04. The molecular weight excluding hydrogens is 348 g/mol. The molecule has 0 unspecified atom stereocenters. The van der Waals surface area contributed by atoms with Crippen LogP contribution in [-0.4, -0.2) is 35.4 Å². The molecule has 0 bridgehead atoms. The van der Waals surface area contributed by atoms with Gasteiger partial charge in [-0.15, -0.1) is 5.10 Å². The maximum atomic E-state index is 12.0. The van der Waals surface area contributed by atoms with Crippen LogP contribution < -0.4 is 5.32 Å². The summed E-state index contributed by atoms with van der Waals surface area (Å²) in [5, 5.41) is 13.4. The Bertz CT molecular complexity index is 962. The van der Waals surface area contributed by atoms with Gasteiger partial charge in [-0.25, -0.2) is 8.42 Å². The molecule has 0 saturated heterocycles. The normalized spacial score (nSPS) is 11.4. The lowest BCUT2D eigenvalue weighted by atomic mass is 10.1. The average molecular weight is 362 g/mol. The van der Waals surface area contributed by atoms with Crippen LogP contribution in [0.15, 0.2) is 50.4 Å². The molecule has 3 aromatic rings. The van der Waals surface area contributed by atoms with E-state index < -0.39 is 9.84 Å². The number of hydrogen-bond donors (Lipinski definition) is 1. The third kappa shape index (κ3) is 3.91. The number of aromatic nitrogens is 3. The van der Waals surface area contributed by atoms with Crippen molar-refractivity contribution in [1.82, 2.24) is 15.4 Å². The second-order valence-electron chi connectivity index (χ2n) is 5.06. The average Bonchev–Trinajstić information content (AvgIpc) is 3.26. The monoisotopic (exact) mass is 362 g/mol. The van der Waals surface area contributed by atoms with Crippen LogP contribution in [0, 0.1) is 0 Å². The van der Waals surface area contributed by atoms with Gasteiger partial charge in [-0.1, -0.05) is 29.3 Å². The van der Waals surface area contributed by atoms with E-state index in [-0.39, 0.29) is 34.9 Å². The minimum atomic E-state index is -3.26. The number of rotatable bonds is 6. The third-order valence-corrected chi connectivity index (χ3v) is 5.10. The van der Waals surface area contributed by atoms with Gasteiger partial charge in [0.15, 0.2) is 9.84 Å². The van der Waals surface area contributed by atoms with Gasteiger partial charge in [0.05, 0.1) is 23.3 Å². The predicted octanol–water partition coefficient (Wildman–Crippen LogP) is 1.70. The quantitative estimate of drug-likeness (QED) is 0.701. The summed E-state index contributed by atoms with van der Waals surface area (Å²) in [5.74, 6) is 0.0406. The Balaban J connectivity index is 1.63. The Morgan fingerprint density at radius 3 is 2.56 bits per heavy atom. The molecule has 2 aromatic heterocycles. The summed E-state index contributed by atoms with van der Waals surface area (Å²) < 4.78 is 33.6. The predicted molar refractivity (Wildman–Crippen MR) is 86.3 cm³/mol. The van der Waals surface area contributed by atoms with Gasteiger partial charge in [0.2, 0.25) is 11.7 Å². The van der Waals surface area contributed by atoms with Crippen molar-refractivity contribution >= 4 is 21.8 Å². The van der Waals surface area contributed by atoms with E-state index in [2.05, 4.69) is 20.7 Å². The number of amides is 1. The molecule has 0 atom stereocenters. The first kappa shape index (κ1) is 16.8. The molecule has 0 spiro atoms. The number of hydrogen-bond acceptors (Lipinski definition) is 8. The van der Waals surface area contributed by atoms with Crippen LogP contribution in [0.25, 0.3) is 11.7 Å². The molecule has 0 aliphatic carbocycles. The highest BCUT2D eigenvalue weighted by molar-refractivity contribution is 7.91. The minimum Gasteiger partial charge on any atom is -0.400 e. The molecule has 3 rings (SSSR count). The van der Waals surface area contributed by atoms with Crippen LogP contribution in [0.4, 0.5) is 6.01 Å². The second kappa shape index (κ2) is 6.85. The van der Waals surface area contributed by atoms with Crippen molar-refractivity contribution in [3.8, 4) is 11.7 Å². The zero-order valence-electron chi connectivity index (χ0n) is 13.2. The van der Waals surface area contributed by atoms with Crippen LogP contribution in [-0.2, 0) is 21.1 Å². The molecule has 10 heteroatoms. The van der Waals surface area contributed by atoms with E-state index in [0.29, 0.717) is 11.3 Å². The second-order valence-corrected chi connectivity index (χ2v) is 7.34. The standard InChI is InChI=1S/C15H14N4O5S/c1-2-25(21,22)11-5-3-10(4-6-11)9-13(20)17-15-19-18-14(23-15)12-7-8-16-24-12/h3-8H,2,9H2,1H3,(H,17,19,20). The maximum Gasteiger partial charge on any atom is 0.322 e. The fraction of sp³-hybridized carbons (Fsp3) is 0.200. The van der Waals surface area contributed by atoms with E-state index in [9.17, 15) is 13.2 Å². The van der Waals surface area contributed by atoms with Gasteiger partial charge in [-0.3, -0.25) is 10.1 Å². The number of sulfone groups is 1. The highest BCUT2D eigenvalue weighted by Gasteiger charge is 2.15. The van der Waals surface area contributed by atoms with E-state index in [0.717, 1.165) is 0 Å². The SMILES string of the molecule is CCS(=O)(=O)c1ccc(CC(=O)Nc2nnc(-c3ccno3)o2)cc1.